The molecule has 0 aliphatic carbocycles. The number of nitriles is 1. The van der Waals surface area contributed by atoms with Gasteiger partial charge in [-0.05, 0) is 42.8 Å². The van der Waals surface area contributed by atoms with Crippen LogP contribution in [0.15, 0.2) is 101 Å². The van der Waals surface area contributed by atoms with Crippen molar-refractivity contribution >= 4 is 40.9 Å². The molecule has 0 radical (unpaired) electrons. The van der Waals surface area contributed by atoms with Crippen molar-refractivity contribution in [1.82, 2.24) is 10.6 Å². The molecule has 1 atom stereocenters. The van der Waals surface area contributed by atoms with Crippen molar-refractivity contribution in [2.75, 3.05) is 11.1 Å². The second kappa shape index (κ2) is 12.5. The number of rotatable bonds is 8. The van der Waals surface area contributed by atoms with Crippen LogP contribution in [0, 0.1) is 17.1 Å². The highest BCUT2D eigenvalue weighted by molar-refractivity contribution is 8.03. The molecule has 1 heterocycles. The van der Waals surface area contributed by atoms with Gasteiger partial charge in [0.25, 0.3) is 5.91 Å². The topological polar surface area (TPSA) is 94.0 Å². The summed E-state index contributed by atoms with van der Waals surface area (Å²) in [6, 6.07) is 24.3. The minimum Gasteiger partial charge on any atom is -0.353 e. The highest BCUT2D eigenvalue weighted by Gasteiger charge is 2.36. The number of allylic oxidation sites excluding steroid dienone is 2. The van der Waals surface area contributed by atoms with Crippen molar-refractivity contribution in [2.45, 2.75) is 19.4 Å². The number of hydrogen-bond acceptors (Lipinski definition) is 5. The van der Waals surface area contributed by atoms with E-state index in [9.17, 15) is 14.9 Å². The molecule has 2 amide bonds. The van der Waals surface area contributed by atoms with Gasteiger partial charge in [-0.25, -0.2) is 4.39 Å². The van der Waals surface area contributed by atoms with Gasteiger partial charge in [-0.1, -0.05) is 71.9 Å². The number of halogens is 2. The molecule has 192 valence electrons. The largest absolute Gasteiger partial charge is 0.353 e. The van der Waals surface area contributed by atoms with Crippen LogP contribution in [0.1, 0.15) is 24.0 Å². The van der Waals surface area contributed by atoms with E-state index in [0.29, 0.717) is 28.0 Å². The Hall–Kier alpha value is -4.06. The molecule has 3 N–H and O–H groups in total. The molecule has 1 aliphatic heterocycles. The normalized spacial score (nSPS) is 14.9. The Morgan fingerprint density at radius 3 is 2.42 bits per heavy atom. The van der Waals surface area contributed by atoms with Crippen molar-refractivity contribution in [2.24, 2.45) is 0 Å². The van der Waals surface area contributed by atoms with Crippen molar-refractivity contribution < 1.29 is 14.0 Å². The predicted octanol–water partition coefficient (Wildman–Crippen LogP) is 5.86. The number of anilines is 1. The Labute approximate surface area is 229 Å². The molecule has 38 heavy (non-hydrogen) atoms. The zero-order chi connectivity index (χ0) is 27.1. The van der Waals surface area contributed by atoms with Gasteiger partial charge in [0, 0.05) is 34.1 Å². The third kappa shape index (κ3) is 6.43. The van der Waals surface area contributed by atoms with Gasteiger partial charge in [-0.15, -0.1) is 0 Å². The maximum absolute atomic E-state index is 15.0. The third-order valence-corrected chi connectivity index (χ3v) is 7.16. The zero-order valence-electron chi connectivity index (χ0n) is 20.4. The number of hydrogen-bond donors (Lipinski definition) is 3. The molecule has 9 heteroatoms. The van der Waals surface area contributed by atoms with Gasteiger partial charge >= 0.3 is 0 Å². The number of thioether (sulfide) groups is 1. The molecule has 3 aromatic carbocycles. The summed E-state index contributed by atoms with van der Waals surface area (Å²) in [5.41, 5.74) is 2.48. The number of nitrogens with one attached hydrogen (secondary N) is 3. The first-order chi connectivity index (χ1) is 18.4. The van der Waals surface area contributed by atoms with Crippen LogP contribution in [0.4, 0.5) is 10.1 Å². The van der Waals surface area contributed by atoms with Crippen LogP contribution in [0.25, 0.3) is 0 Å². The van der Waals surface area contributed by atoms with Crippen molar-refractivity contribution in [3.05, 3.63) is 123 Å². The number of benzene rings is 3. The minimum atomic E-state index is -0.968. The molecule has 0 saturated heterocycles. The Kier molecular flexibility index (Phi) is 8.85. The average Bonchev–Trinajstić information content (AvgIpc) is 2.92. The lowest BCUT2D eigenvalue weighted by molar-refractivity contribution is -0.118. The first-order valence-electron chi connectivity index (χ1n) is 11.7. The third-order valence-electron chi connectivity index (χ3n) is 5.89. The second-order valence-corrected chi connectivity index (χ2v) is 9.91. The molecule has 0 aromatic heterocycles. The minimum absolute atomic E-state index is 0.0317. The van der Waals surface area contributed by atoms with E-state index in [1.54, 1.807) is 49.4 Å². The van der Waals surface area contributed by atoms with Crippen LogP contribution in [0.2, 0.25) is 5.02 Å². The van der Waals surface area contributed by atoms with E-state index in [2.05, 4.69) is 22.0 Å². The fraction of sp³-hybridized carbons (Fsp3) is 0.138. The zero-order valence-corrected chi connectivity index (χ0v) is 22.0. The van der Waals surface area contributed by atoms with Crippen LogP contribution >= 0.6 is 23.4 Å². The molecule has 0 spiro atoms. The van der Waals surface area contributed by atoms with Crippen molar-refractivity contribution in [3.63, 3.8) is 0 Å². The molecule has 6 nitrogen and oxygen atoms in total. The van der Waals surface area contributed by atoms with Crippen molar-refractivity contribution in [3.8, 4) is 6.07 Å². The summed E-state index contributed by atoms with van der Waals surface area (Å²) in [6.07, 6.45) is 0. The van der Waals surface area contributed by atoms with Gasteiger partial charge in [0.15, 0.2) is 0 Å². The monoisotopic (exact) mass is 546 g/mol. The van der Waals surface area contributed by atoms with Gasteiger partial charge in [-0.2, -0.15) is 5.26 Å². The predicted molar refractivity (Wildman–Crippen MR) is 148 cm³/mol. The first kappa shape index (κ1) is 27.0. The molecule has 0 unspecified atom stereocenters. The van der Waals surface area contributed by atoms with E-state index in [1.165, 1.54) is 6.07 Å². The van der Waals surface area contributed by atoms with Crippen LogP contribution in [0.5, 0.6) is 0 Å². The summed E-state index contributed by atoms with van der Waals surface area (Å²) < 4.78 is 15.0. The molecular weight excluding hydrogens is 523 g/mol. The Bertz CT molecular complexity index is 1450. The molecule has 4 rings (SSSR count). The number of amides is 2. The highest BCUT2D eigenvalue weighted by Crippen LogP contribution is 2.41. The maximum Gasteiger partial charge on any atom is 0.254 e. The van der Waals surface area contributed by atoms with Gasteiger partial charge in [0.2, 0.25) is 5.91 Å². The summed E-state index contributed by atoms with van der Waals surface area (Å²) in [6.45, 7) is 2.07. The Balaban J connectivity index is 1.60. The molecule has 1 aliphatic rings. The first-order valence-corrected chi connectivity index (χ1v) is 13.1. The average molecular weight is 547 g/mol. The summed E-state index contributed by atoms with van der Waals surface area (Å²) >= 11 is 7.08. The lowest BCUT2D eigenvalue weighted by Gasteiger charge is -2.30. The molecule has 0 saturated carbocycles. The summed E-state index contributed by atoms with van der Waals surface area (Å²) in [7, 11) is 0. The van der Waals surface area contributed by atoms with E-state index >= 15 is 4.39 Å². The Morgan fingerprint density at radius 2 is 1.74 bits per heavy atom. The summed E-state index contributed by atoms with van der Waals surface area (Å²) in [5.74, 6) is -2.18. The van der Waals surface area contributed by atoms with E-state index in [1.807, 2.05) is 30.3 Å². The van der Waals surface area contributed by atoms with E-state index in [-0.39, 0.29) is 28.4 Å². The molecule has 0 fully saturated rings. The Morgan fingerprint density at radius 1 is 1.05 bits per heavy atom. The molecular formula is C29H24ClFN4O2S. The highest BCUT2D eigenvalue weighted by atomic mass is 35.5. The van der Waals surface area contributed by atoms with E-state index < -0.39 is 17.6 Å². The van der Waals surface area contributed by atoms with Crippen LogP contribution < -0.4 is 16.0 Å². The van der Waals surface area contributed by atoms with Gasteiger partial charge in [0.1, 0.15) is 5.82 Å². The van der Waals surface area contributed by atoms with Gasteiger partial charge < -0.3 is 16.0 Å². The van der Waals surface area contributed by atoms with Crippen LogP contribution in [0.3, 0.4) is 0 Å². The summed E-state index contributed by atoms with van der Waals surface area (Å²) in [4.78, 5) is 26.0. The summed E-state index contributed by atoms with van der Waals surface area (Å²) in [5, 5.41) is 19.8. The van der Waals surface area contributed by atoms with Gasteiger partial charge in [0.05, 0.1) is 28.3 Å². The SMILES string of the molecule is CC1=C(C(=O)Nc2ccc(Cl)cc2)[C@@H](c2ccccc2F)C(C#N)=C(SCC(=O)NCc2ccccc2)N1. The number of nitrogens with zero attached hydrogens (tertiary/aromatic N) is 1. The van der Waals surface area contributed by atoms with Gasteiger partial charge in [-0.3, -0.25) is 9.59 Å². The van der Waals surface area contributed by atoms with E-state index in [4.69, 9.17) is 11.6 Å². The standard InChI is InChI=1S/C29H24ClFN4O2S/c1-18-26(28(37)35-21-13-11-20(30)12-14-21)27(22-9-5-6-10-24(22)31)23(15-32)29(34-18)38-17-25(36)33-16-19-7-3-2-4-8-19/h2-14,27,34H,16-17H2,1H3,(H,33,36)(H,35,37)/t27-/m0/s1. The fourth-order valence-corrected chi connectivity index (χ4v) is 5.11. The number of dihydropyridines is 1. The van der Waals surface area contributed by atoms with Crippen LogP contribution in [-0.2, 0) is 16.1 Å². The smallest absolute Gasteiger partial charge is 0.254 e. The van der Waals surface area contributed by atoms with Crippen LogP contribution in [-0.4, -0.2) is 17.6 Å². The second-order valence-electron chi connectivity index (χ2n) is 8.48. The lowest BCUT2D eigenvalue weighted by Crippen LogP contribution is -2.32. The van der Waals surface area contributed by atoms with E-state index in [0.717, 1.165) is 17.3 Å². The number of carbonyl (C=O) groups excluding carboxylic acids is 2. The fourth-order valence-electron chi connectivity index (χ4n) is 4.06. The molecule has 3 aromatic rings. The lowest BCUT2D eigenvalue weighted by atomic mass is 9.82. The maximum atomic E-state index is 15.0. The quantitative estimate of drug-likeness (QED) is 0.329. The van der Waals surface area contributed by atoms with Crippen molar-refractivity contribution in [1.29, 1.82) is 5.26 Å². The number of carbonyl (C=O) groups is 2. The molecule has 0 bridgehead atoms.